The molecule has 0 saturated heterocycles. The molecule has 2 aromatic heterocycles. The van der Waals surface area contributed by atoms with E-state index in [1.165, 1.54) is 17.7 Å². The van der Waals surface area contributed by atoms with Crippen molar-refractivity contribution in [3.63, 3.8) is 0 Å². The predicted molar refractivity (Wildman–Crippen MR) is 75.9 cm³/mol. The summed E-state index contributed by atoms with van der Waals surface area (Å²) in [6, 6.07) is 0. The van der Waals surface area contributed by atoms with Gasteiger partial charge in [0.15, 0.2) is 0 Å². The van der Waals surface area contributed by atoms with Crippen molar-refractivity contribution in [1.82, 2.24) is 9.97 Å². The Morgan fingerprint density at radius 1 is 1.30 bits per heavy atom. The fraction of sp³-hybridized carbons (Fsp3) is 0.500. The van der Waals surface area contributed by atoms with E-state index in [2.05, 4.69) is 9.97 Å². The molecule has 0 aromatic carbocycles. The van der Waals surface area contributed by atoms with E-state index in [4.69, 9.17) is 11.6 Å². The maximum Gasteiger partial charge on any atom is 0.405 e. The summed E-state index contributed by atoms with van der Waals surface area (Å²) in [6.45, 7) is 2.80. The Kier molecular flexibility index (Phi) is 4.39. The van der Waals surface area contributed by atoms with E-state index in [1.807, 2.05) is 13.8 Å². The van der Waals surface area contributed by atoms with Crippen molar-refractivity contribution in [3.8, 4) is 0 Å². The summed E-state index contributed by atoms with van der Waals surface area (Å²) in [5.74, 6) is 0.402. The van der Waals surface area contributed by atoms with Gasteiger partial charge in [0.1, 0.15) is 23.5 Å². The summed E-state index contributed by atoms with van der Waals surface area (Å²) in [4.78, 5) is 11.1. The van der Waals surface area contributed by atoms with Crippen LogP contribution in [0.1, 0.15) is 10.4 Å². The van der Waals surface area contributed by atoms with E-state index in [1.54, 1.807) is 0 Å². The molecule has 0 bridgehead atoms. The molecule has 0 aliphatic rings. The zero-order chi connectivity index (χ0) is 14.9. The van der Waals surface area contributed by atoms with Crippen molar-refractivity contribution in [2.75, 3.05) is 23.9 Å². The van der Waals surface area contributed by atoms with Gasteiger partial charge < -0.3 is 4.90 Å². The first-order chi connectivity index (χ1) is 9.33. The van der Waals surface area contributed by atoms with Gasteiger partial charge in [-0.25, -0.2) is 9.97 Å². The van der Waals surface area contributed by atoms with Crippen molar-refractivity contribution in [3.05, 3.63) is 16.8 Å². The van der Waals surface area contributed by atoms with Crippen LogP contribution in [0.25, 0.3) is 10.2 Å². The third-order valence-corrected chi connectivity index (χ3v) is 4.25. The highest BCUT2D eigenvalue weighted by molar-refractivity contribution is 7.18. The topological polar surface area (TPSA) is 29.0 Å². The van der Waals surface area contributed by atoms with Crippen LogP contribution in [0.3, 0.4) is 0 Å². The number of thiophene rings is 1. The average Bonchev–Trinajstić information content (AvgIpc) is 2.63. The van der Waals surface area contributed by atoms with Crippen LogP contribution >= 0.6 is 22.9 Å². The molecule has 0 aliphatic heterocycles. The second-order valence-electron chi connectivity index (χ2n) is 4.39. The summed E-state index contributed by atoms with van der Waals surface area (Å²) < 4.78 is 38.1. The lowest BCUT2D eigenvalue weighted by molar-refractivity contribution is -0.119. The van der Waals surface area contributed by atoms with Crippen LogP contribution in [-0.2, 0) is 0 Å². The van der Waals surface area contributed by atoms with Crippen molar-refractivity contribution in [2.45, 2.75) is 20.0 Å². The van der Waals surface area contributed by atoms with Crippen LogP contribution in [0.15, 0.2) is 6.33 Å². The van der Waals surface area contributed by atoms with Crippen molar-refractivity contribution < 1.29 is 13.2 Å². The van der Waals surface area contributed by atoms with E-state index in [-0.39, 0.29) is 12.4 Å². The number of rotatable bonds is 4. The van der Waals surface area contributed by atoms with Crippen molar-refractivity contribution in [1.29, 1.82) is 0 Å². The number of alkyl halides is 4. The zero-order valence-corrected chi connectivity index (χ0v) is 12.5. The van der Waals surface area contributed by atoms with Gasteiger partial charge in [0.2, 0.25) is 0 Å². The van der Waals surface area contributed by atoms with Gasteiger partial charge in [0.05, 0.1) is 5.39 Å². The molecule has 0 unspecified atom stereocenters. The molecule has 0 amide bonds. The number of aromatic nitrogens is 2. The van der Waals surface area contributed by atoms with Crippen molar-refractivity contribution in [2.24, 2.45) is 0 Å². The molecule has 0 aliphatic carbocycles. The maximum atomic E-state index is 12.7. The molecule has 2 rings (SSSR count). The Balaban J connectivity index is 2.52. The Morgan fingerprint density at radius 3 is 2.60 bits per heavy atom. The molecule has 3 nitrogen and oxygen atoms in total. The Labute approximate surface area is 123 Å². The summed E-state index contributed by atoms with van der Waals surface area (Å²) >= 11 is 7.08. The SMILES string of the molecule is Cc1sc2ncnc(N(CCCl)CC(F)(F)F)c2c1C. The Morgan fingerprint density at radius 2 is 2.00 bits per heavy atom. The van der Waals surface area contributed by atoms with Gasteiger partial charge >= 0.3 is 6.18 Å². The first kappa shape index (κ1) is 15.3. The van der Waals surface area contributed by atoms with E-state index < -0.39 is 12.7 Å². The first-order valence-electron chi connectivity index (χ1n) is 5.92. The van der Waals surface area contributed by atoms with Gasteiger partial charge in [0, 0.05) is 17.3 Å². The van der Waals surface area contributed by atoms with Gasteiger partial charge in [-0.15, -0.1) is 22.9 Å². The molecule has 0 saturated carbocycles. The lowest BCUT2D eigenvalue weighted by atomic mass is 10.2. The van der Waals surface area contributed by atoms with Crippen LogP contribution < -0.4 is 4.90 Å². The van der Waals surface area contributed by atoms with Gasteiger partial charge in [-0.05, 0) is 19.4 Å². The highest BCUT2D eigenvalue weighted by Crippen LogP contribution is 2.35. The molecule has 2 aromatic rings. The number of anilines is 1. The minimum Gasteiger partial charge on any atom is -0.346 e. The molecule has 0 fully saturated rings. The number of nitrogens with zero attached hydrogens (tertiary/aromatic N) is 3. The van der Waals surface area contributed by atoms with Crippen LogP contribution in [0.5, 0.6) is 0 Å². The average molecular weight is 324 g/mol. The fourth-order valence-corrected chi connectivity index (χ4v) is 3.18. The second kappa shape index (κ2) is 5.73. The fourth-order valence-electron chi connectivity index (χ4n) is 1.98. The van der Waals surface area contributed by atoms with Crippen LogP contribution in [-0.4, -0.2) is 35.1 Å². The highest BCUT2D eigenvalue weighted by atomic mass is 35.5. The third-order valence-electron chi connectivity index (χ3n) is 2.97. The minimum atomic E-state index is -4.30. The Hall–Kier alpha value is -1.08. The highest BCUT2D eigenvalue weighted by Gasteiger charge is 2.32. The van der Waals surface area contributed by atoms with Crippen LogP contribution in [0.2, 0.25) is 0 Å². The van der Waals surface area contributed by atoms with Gasteiger partial charge in [-0.1, -0.05) is 0 Å². The first-order valence-corrected chi connectivity index (χ1v) is 7.27. The summed E-state index contributed by atoms with van der Waals surface area (Å²) in [5, 5.41) is 0.685. The predicted octanol–water partition coefficient (Wildman–Crippen LogP) is 3.92. The molecule has 20 heavy (non-hydrogen) atoms. The van der Waals surface area contributed by atoms with E-state index in [9.17, 15) is 13.2 Å². The molecule has 8 heteroatoms. The minimum absolute atomic E-state index is 0.0848. The normalized spacial score (nSPS) is 12.1. The number of halogens is 4. The molecular weight excluding hydrogens is 311 g/mol. The molecule has 0 N–H and O–H groups in total. The molecule has 0 spiro atoms. The smallest absolute Gasteiger partial charge is 0.346 e. The summed E-state index contributed by atoms with van der Waals surface area (Å²) in [7, 11) is 0. The van der Waals surface area contributed by atoms with Crippen molar-refractivity contribution >= 4 is 39.0 Å². The number of hydrogen-bond acceptors (Lipinski definition) is 4. The second-order valence-corrected chi connectivity index (χ2v) is 5.97. The quantitative estimate of drug-likeness (QED) is 0.799. The standard InChI is InChI=1S/C12H13ClF3N3S/c1-7-8(2)20-11-9(7)10(17-6-18-11)19(4-3-13)5-12(14,15)16/h6H,3-5H2,1-2H3. The molecule has 0 atom stereocenters. The maximum absolute atomic E-state index is 12.7. The van der Waals surface area contributed by atoms with Gasteiger partial charge in [-0.3, -0.25) is 0 Å². The van der Waals surface area contributed by atoms with E-state index >= 15 is 0 Å². The molecule has 2 heterocycles. The van der Waals surface area contributed by atoms with Crippen LogP contribution in [0, 0.1) is 13.8 Å². The largest absolute Gasteiger partial charge is 0.405 e. The van der Waals surface area contributed by atoms with E-state index in [0.717, 1.165) is 15.3 Å². The van der Waals surface area contributed by atoms with Gasteiger partial charge in [0.25, 0.3) is 0 Å². The monoisotopic (exact) mass is 323 g/mol. The zero-order valence-electron chi connectivity index (χ0n) is 11.0. The summed E-state index contributed by atoms with van der Waals surface area (Å²) in [5.41, 5.74) is 0.919. The lowest BCUT2D eigenvalue weighted by Gasteiger charge is -2.24. The molecule has 0 radical (unpaired) electrons. The Bertz CT molecular complexity index is 612. The molecular formula is C12H13ClF3N3S. The third kappa shape index (κ3) is 3.15. The lowest BCUT2D eigenvalue weighted by Crippen LogP contribution is -2.36. The number of fused-ring (bicyclic) bond motifs is 1. The number of aryl methyl sites for hydroxylation is 2. The molecule has 110 valence electrons. The number of hydrogen-bond donors (Lipinski definition) is 0. The van der Waals surface area contributed by atoms with Gasteiger partial charge in [-0.2, -0.15) is 13.2 Å². The van der Waals surface area contributed by atoms with E-state index in [0.29, 0.717) is 16.0 Å². The summed E-state index contributed by atoms with van der Waals surface area (Å²) in [6.07, 6.45) is -3.01. The van der Waals surface area contributed by atoms with Crippen LogP contribution in [0.4, 0.5) is 19.0 Å².